The minimum atomic E-state index is -0.746. The maximum absolute atomic E-state index is 12.6. The van der Waals surface area contributed by atoms with Crippen molar-refractivity contribution in [2.45, 2.75) is 32.2 Å². The molecule has 0 spiro atoms. The molecule has 0 radical (unpaired) electrons. The summed E-state index contributed by atoms with van der Waals surface area (Å²) in [6.45, 7) is 0.779. The molecule has 0 bridgehead atoms. The Morgan fingerprint density at radius 1 is 0.870 bits per heavy atom. The van der Waals surface area contributed by atoms with Crippen molar-refractivity contribution in [3.8, 4) is 0 Å². The van der Waals surface area contributed by atoms with Gasteiger partial charge in [-0.1, -0.05) is 30.7 Å². The lowest BCUT2D eigenvalue weighted by Gasteiger charge is -2.15. The summed E-state index contributed by atoms with van der Waals surface area (Å²) in [7, 11) is 0. The van der Waals surface area contributed by atoms with Crippen LogP contribution in [0, 0.1) is 0 Å². The van der Waals surface area contributed by atoms with E-state index in [1.807, 2.05) is 48.5 Å². The molecule has 0 aliphatic heterocycles. The van der Waals surface area contributed by atoms with E-state index in [9.17, 15) is 9.59 Å². The highest BCUT2D eigenvalue weighted by atomic mass is 16.4. The van der Waals surface area contributed by atoms with Crippen LogP contribution in [0.15, 0.2) is 53.3 Å². The quantitative estimate of drug-likeness (QED) is 0.556. The van der Waals surface area contributed by atoms with Gasteiger partial charge in [0, 0.05) is 23.7 Å². The molecular formula is C19H19NO3. The molecule has 0 atom stereocenters. The van der Waals surface area contributed by atoms with E-state index in [-0.39, 0.29) is 11.8 Å². The number of pyridine rings is 1. The van der Waals surface area contributed by atoms with Gasteiger partial charge in [-0.3, -0.25) is 9.59 Å². The summed E-state index contributed by atoms with van der Waals surface area (Å²) < 4.78 is 2.17. The first kappa shape index (κ1) is 15.3. The van der Waals surface area contributed by atoms with Crippen molar-refractivity contribution < 1.29 is 9.90 Å². The van der Waals surface area contributed by atoms with Gasteiger partial charge in [0.05, 0.1) is 11.0 Å². The van der Waals surface area contributed by atoms with Gasteiger partial charge >= 0.3 is 5.97 Å². The zero-order chi connectivity index (χ0) is 16.2. The minimum absolute atomic E-state index is 0.0679. The molecule has 4 nitrogen and oxygen atoms in total. The van der Waals surface area contributed by atoms with Gasteiger partial charge in [-0.05, 0) is 37.1 Å². The number of rotatable bonds is 6. The third-order valence-corrected chi connectivity index (χ3v) is 4.15. The number of aryl methyl sites for hydroxylation is 1. The molecule has 4 heteroatoms. The Morgan fingerprint density at radius 3 is 2.00 bits per heavy atom. The molecule has 3 aromatic rings. The Labute approximate surface area is 134 Å². The summed E-state index contributed by atoms with van der Waals surface area (Å²) in [5, 5.41) is 10.2. The first-order valence-corrected chi connectivity index (χ1v) is 7.90. The Morgan fingerprint density at radius 2 is 1.43 bits per heavy atom. The second-order valence-electron chi connectivity index (χ2n) is 5.72. The first-order valence-electron chi connectivity index (χ1n) is 7.90. The van der Waals surface area contributed by atoms with Gasteiger partial charge in [-0.25, -0.2) is 0 Å². The van der Waals surface area contributed by atoms with E-state index in [2.05, 4.69) is 4.57 Å². The number of hydrogen-bond donors (Lipinski definition) is 1. The predicted molar refractivity (Wildman–Crippen MR) is 91.8 cm³/mol. The van der Waals surface area contributed by atoms with E-state index < -0.39 is 5.97 Å². The molecule has 118 valence electrons. The van der Waals surface area contributed by atoms with E-state index in [1.165, 1.54) is 0 Å². The number of carboxylic acids is 1. The fourth-order valence-electron chi connectivity index (χ4n) is 3.04. The van der Waals surface area contributed by atoms with Gasteiger partial charge in [-0.15, -0.1) is 0 Å². The number of aliphatic carboxylic acids is 1. The van der Waals surface area contributed by atoms with Crippen molar-refractivity contribution in [1.82, 2.24) is 4.57 Å². The highest BCUT2D eigenvalue weighted by Gasteiger charge is 2.09. The summed E-state index contributed by atoms with van der Waals surface area (Å²) >= 11 is 0. The van der Waals surface area contributed by atoms with Crippen LogP contribution in [0.5, 0.6) is 0 Å². The largest absolute Gasteiger partial charge is 0.481 e. The van der Waals surface area contributed by atoms with Crippen LogP contribution in [0.3, 0.4) is 0 Å². The fraction of sp³-hybridized carbons (Fsp3) is 0.263. The molecule has 0 saturated carbocycles. The summed E-state index contributed by atoms with van der Waals surface area (Å²) in [5.74, 6) is -0.746. The Kier molecular flexibility index (Phi) is 4.42. The number of hydrogen-bond acceptors (Lipinski definition) is 2. The SMILES string of the molecule is O=C(O)CCCCCn1c2ccccc2c(=O)c2ccccc21. The molecule has 0 unspecified atom stereocenters. The van der Waals surface area contributed by atoms with Crippen LogP contribution in [0.4, 0.5) is 0 Å². The number of carboxylic acid groups (broad SMARTS) is 1. The van der Waals surface area contributed by atoms with E-state index in [0.29, 0.717) is 6.42 Å². The normalized spacial score (nSPS) is 11.1. The molecule has 1 aromatic heterocycles. The lowest BCUT2D eigenvalue weighted by Crippen LogP contribution is -2.11. The summed E-state index contributed by atoms with van der Waals surface area (Å²) in [6, 6.07) is 15.3. The number of aromatic nitrogens is 1. The van der Waals surface area contributed by atoms with Crippen LogP contribution in [-0.4, -0.2) is 15.6 Å². The maximum atomic E-state index is 12.6. The third kappa shape index (κ3) is 3.11. The van der Waals surface area contributed by atoms with Crippen LogP contribution in [0.1, 0.15) is 25.7 Å². The Hall–Kier alpha value is -2.62. The molecular weight excluding hydrogens is 290 g/mol. The molecule has 2 aromatic carbocycles. The number of para-hydroxylation sites is 2. The Bertz CT molecular complexity index is 851. The fourth-order valence-corrected chi connectivity index (χ4v) is 3.04. The molecule has 0 fully saturated rings. The lowest BCUT2D eigenvalue weighted by atomic mass is 10.1. The van der Waals surface area contributed by atoms with Gasteiger partial charge in [0.15, 0.2) is 5.43 Å². The second kappa shape index (κ2) is 6.65. The van der Waals surface area contributed by atoms with Crippen molar-refractivity contribution in [2.24, 2.45) is 0 Å². The molecule has 0 aliphatic carbocycles. The first-order chi connectivity index (χ1) is 11.2. The topological polar surface area (TPSA) is 59.3 Å². The second-order valence-corrected chi connectivity index (χ2v) is 5.72. The van der Waals surface area contributed by atoms with E-state index >= 15 is 0 Å². The molecule has 0 saturated heterocycles. The van der Waals surface area contributed by atoms with Crippen molar-refractivity contribution >= 4 is 27.8 Å². The van der Waals surface area contributed by atoms with Crippen LogP contribution in [0.2, 0.25) is 0 Å². The van der Waals surface area contributed by atoms with Crippen LogP contribution in [0.25, 0.3) is 21.8 Å². The summed E-state index contributed by atoms with van der Waals surface area (Å²) in [4.78, 5) is 23.2. The van der Waals surface area contributed by atoms with Crippen LogP contribution in [-0.2, 0) is 11.3 Å². The number of benzene rings is 2. The van der Waals surface area contributed by atoms with Gasteiger partial charge in [-0.2, -0.15) is 0 Å². The van der Waals surface area contributed by atoms with Gasteiger partial charge in [0.2, 0.25) is 0 Å². The smallest absolute Gasteiger partial charge is 0.303 e. The highest BCUT2D eigenvalue weighted by Crippen LogP contribution is 2.20. The monoisotopic (exact) mass is 309 g/mol. The highest BCUT2D eigenvalue weighted by molar-refractivity contribution is 5.93. The molecule has 0 amide bonds. The van der Waals surface area contributed by atoms with Gasteiger partial charge in [0.1, 0.15) is 0 Å². The molecule has 1 heterocycles. The van der Waals surface area contributed by atoms with Gasteiger partial charge < -0.3 is 9.67 Å². The Balaban J connectivity index is 1.98. The molecule has 0 aliphatic rings. The number of unbranched alkanes of at least 4 members (excludes halogenated alkanes) is 2. The average Bonchev–Trinajstić information content (AvgIpc) is 2.57. The van der Waals surface area contributed by atoms with Crippen molar-refractivity contribution in [3.63, 3.8) is 0 Å². The minimum Gasteiger partial charge on any atom is -0.481 e. The lowest BCUT2D eigenvalue weighted by molar-refractivity contribution is -0.137. The van der Waals surface area contributed by atoms with Crippen molar-refractivity contribution in [3.05, 3.63) is 58.8 Å². The molecule has 1 N–H and O–H groups in total. The average molecular weight is 309 g/mol. The van der Waals surface area contributed by atoms with E-state index in [4.69, 9.17) is 5.11 Å². The van der Waals surface area contributed by atoms with Gasteiger partial charge in [0.25, 0.3) is 0 Å². The summed E-state index contributed by atoms with van der Waals surface area (Å²) in [6.07, 6.45) is 2.66. The zero-order valence-electron chi connectivity index (χ0n) is 12.9. The van der Waals surface area contributed by atoms with Crippen LogP contribution >= 0.6 is 0 Å². The van der Waals surface area contributed by atoms with Crippen LogP contribution < -0.4 is 5.43 Å². The predicted octanol–water partition coefficient (Wildman–Crippen LogP) is 3.80. The van der Waals surface area contributed by atoms with E-state index in [0.717, 1.165) is 41.2 Å². The third-order valence-electron chi connectivity index (χ3n) is 4.15. The standard InChI is InChI=1S/C19H19NO3/c21-18(22)12-2-1-7-13-20-16-10-5-3-8-14(16)19(23)15-9-4-6-11-17(15)20/h3-6,8-11H,1-2,7,12-13H2,(H,21,22). The number of nitrogens with zero attached hydrogens (tertiary/aromatic N) is 1. The summed E-state index contributed by atoms with van der Waals surface area (Å²) in [5.41, 5.74) is 1.95. The maximum Gasteiger partial charge on any atom is 0.303 e. The molecule has 23 heavy (non-hydrogen) atoms. The van der Waals surface area contributed by atoms with E-state index in [1.54, 1.807) is 0 Å². The van der Waals surface area contributed by atoms with Crippen molar-refractivity contribution in [1.29, 1.82) is 0 Å². The van der Waals surface area contributed by atoms with Crippen molar-refractivity contribution in [2.75, 3.05) is 0 Å². The number of carbonyl (C=O) groups is 1. The molecule has 3 rings (SSSR count). The number of fused-ring (bicyclic) bond motifs is 2. The zero-order valence-corrected chi connectivity index (χ0v) is 12.9.